The molecule has 208 valence electrons. The van der Waals surface area contributed by atoms with Crippen molar-refractivity contribution in [1.29, 1.82) is 0 Å². The molecule has 1 amide bonds. The summed E-state index contributed by atoms with van der Waals surface area (Å²) in [6.07, 6.45) is 1.23. The lowest BCUT2D eigenvalue weighted by Crippen LogP contribution is -2.40. The molecule has 0 saturated carbocycles. The molecule has 5 rings (SSSR count). The zero-order valence-corrected chi connectivity index (χ0v) is 24.3. The van der Waals surface area contributed by atoms with E-state index < -0.39 is 0 Å². The van der Waals surface area contributed by atoms with Crippen LogP contribution >= 0.6 is 23.1 Å². The number of amides is 1. The number of thiazole rings is 1. The molecule has 0 atom stereocenters. The van der Waals surface area contributed by atoms with Gasteiger partial charge in [-0.2, -0.15) is 0 Å². The largest absolute Gasteiger partial charge is 0.497 e. The first-order valence-corrected chi connectivity index (χ1v) is 15.0. The van der Waals surface area contributed by atoms with Crippen LogP contribution in [0.25, 0.3) is 17.1 Å². The van der Waals surface area contributed by atoms with Crippen LogP contribution in [-0.2, 0) is 15.3 Å². The lowest BCUT2D eigenvalue weighted by molar-refractivity contribution is -0.149. The monoisotopic (exact) mass is 577 g/mol. The number of benzene rings is 2. The molecule has 3 heterocycles. The van der Waals surface area contributed by atoms with Crippen LogP contribution in [0.4, 0.5) is 0 Å². The second-order valence-electron chi connectivity index (χ2n) is 9.44. The molecule has 4 aromatic rings. The van der Waals surface area contributed by atoms with Crippen molar-refractivity contribution in [2.75, 3.05) is 26.8 Å². The van der Waals surface area contributed by atoms with Gasteiger partial charge in [0, 0.05) is 29.7 Å². The number of nitrogens with zero attached hydrogens (tertiary/aromatic N) is 5. The standard InChI is InChI=1S/C29H31N5O4S2/c1-4-38-28(36)20-12-14-33(15-13-20)27(35)24-17-39-25(30-24)18-40-29-32-31-26(21-6-5-7-23(16-21)37-3)34(29)22-10-8-19(2)9-11-22/h5-11,16-17,20H,4,12-15,18H2,1-3H3. The van der Waals surface area contributed by atoms with Crippen LogP contribution in [0.5, 0.6) is 5.75 Å². The Balaban J connectivity index is 1.30. The van der Waals surface area contributed by atoms with E-state index in [0.717, 1.165) is 27.2 Å². The van der Waals surface area contributed by atoms with E-state index in [-0.39, 0.29) is 17.8 Å². The van der Waals surface area contributed by atoms with E-state index in [0.29, 0.717) is 49.8 Å². The van der Waals surface area contributed by atoms with E-state index >= 15 is 0 Å². The topological polar surface area (TPSA) is 99.4 Å². The lowest BCUT2D eigenvalue weighted by atomic mass is 9.97. The van der Waals surface area contributed by atoms with Crippen molar-refractivity contribution in [3.63, 3.8) is 0 Å². The highest BCUT2D eigenvalue weighted by atomic mass is 32.2. The summed E-state index contributed by atoms with van der Waals surface area (Å²) in [5.41, 5.74) is 3.46. The molecule has 1 aliphatic rings. The van der Waals surface area contributed by atoms with Crippen molar-refractivity contribution in [3.05, 3.63) is 70.2 Å². The van der Waals surface area contributed by atoms with Crippen LogP contribution in [0.15, 0.2) is 59.1 Å². The zero-order chi connectivity index (χ0) is 28.1. The smallest absolute Gasteiger partial charge is 0.309 e. The van der Waals surface area contributed by atoms with Crippen LogP contribution in [0.3, 0.4) is 0 Å². The third-order valence-electron chi connectivity index (χ3n) is 6.75. The summed E-state index contributed by atoms with van der Waals surface area (Å²) in [4.78, 5) is 31.5. The Labute approximate surface area is 241 Å². The number of carbonyl (C=O) groups is 2. The number of thioether (sulfide) groups is 1. The Hall–Kier alpha value is -3.70. The predicted octanol–water partition coefficient (Wildman–Crippen LogP) is 5.42. The van der Waals surface area contributed by atoms with Crippen molar-refractivity contribution >= 4 is 35.0 Å². The van der Waals surface area contributed by atoms with Crippen LogP contribution < -0.4 is 4.74 Å². The SMILES string of the molecule is CCOC(=O)C1CCN(C(=O)c2csc(CSc3nnc(-c4cccc(OC)c4)n3-c3ccc(C)cc3)n2)CC1. The first-order valence-electron chi connectivity index (χ1n) is 13.2. The van der Waals surface area contributed by atoms with Gasteiger partial charge in [-0.3, -0.25) is 14.2 Å². The number of aryl methyl sites for hydroxylation is 1. The molecule has 1 fully saturated rings. The second-order valence-corrected chi connectivity index (χ2v) is 11.3. The highest BCUT2D eigenvalue weighted by molar-refractivity contribution is 7.98. The van der Waals surface area contributed by atoms with Gasteiger partial charge in [0.15, 0.2) is 11.0 Å². The van der Waals surface area contributed by atoms with E-state index in [1.54, 1.807) is 18.9 Å². The Morgan fingerprint density at radius 3 is 2.60 bits per heavy atom. The molecule has 9 nitrogen and oxygen atoms in total. The molecular weight excluding hydrogens is 546 g/mol. The van der Waals surface area contributed by atoms with Gasteiger partial charge >= 0.3 is 5.97 Å². The fraction of sp³-hybridized carbons (Fsp3) is 0.345. The number of hydrogen-bond donors (Lipinski definition) is 0. The molecule has 2 aromatic carbocycles. The number of ether oxygens (including phenoxy) is 2. The Morgan fingerprint density at radius 1 is 1.10 bits per heavy atom. The molecule has 11 heteroatoms. The highest BCUT2D eigenvalue weighted by Gasteiger charge is 2.29. The van der Waals surface area contributed by atoms with Gasteiger partial charge in [-0.05, 0) is 51.0 Å². The number of piperidine rings is 1. The Morgan fingerprint density at radius 2 is 1.88 bits per heavy atom. The minimum atomic E-state index is -0.171. The van der Waals surface area contributed by atoms with Crippen molar-refractivity contribution < 1.29 is 19.1 Å². The molecule has 0 radical (unpaired) electrons. The third-order valence-corrected chi connectivity index (χ3v) is 8.72. The number of hydrogen-bond acceptors (Lipinski definition) is 9. The summed E-state index contributed by atoms with van der Waals surface area (Å²) in [6, 6.07) is 16.0. The van der Waals surface area contributed by atoms with Crippen molar-refractivity contribution in [2.24, 2.45) is 5.92 Å². The molecule has 0 aliphatic carbocycles. The summed E-state index contributed by atoms with van der Waals surface area (Å²) < 4.78 is 12.6. The predicted molar refractivity (Wildman–Crippen MR) is 155 cm³/mol. The van der Waals surface area contributed by atoms with Gasteiger partial charge in [0.2, 0.25) is 0 Å². The molecule has 40 heavy (non-hydrogen) atoms. The quantitative estimate of drug-likeness (QED) is 0.192. The number of carbonyl (C=O) groups excluding carboxylic acids is 2. The lowest BCUT2D eigenvalue weighted by Gasteiger charge is -2.30. The van der Waals surface area contributed by atoms with Gasteiger partial charge in [0.05, 0.1) is 25.4 Å². The first-order chi connectivity index (χ1) is 19.5. The highest BCUT2D eigenvalue weighted by Crippen LogP contribution is 2.32. The fourth-order valence-electron chi connectivity index (χ4n) is 4.58. The summed E-state index contributed by atoms with van der Waals surface area (Å²) in [7, 11) is 1.64. The molecule has 0 N–H and O–H groups in total. The fourth-order valence-corrected chi connectivity index (χ4v) is 6.32. The molecule has 1 saturated heterocycles. The number of likely N-dealkylation sites (tertiary alicyclic amines) is 1. The van der Waals surface area contributed by atoms with Crippen LogP contribution in [0, 0.1) is 12.8 Å². The van der Waals surface area contributed by atoms with Crippen molar-refractivity contribution in [1.82, 2.24) is 24.6 Å². The summed E-state index contributed by atoms with van der Waals surface area (Å²) in [6.45, 7) is 5.29. The molecule has 0 unspecified atom stereocenters. The number of esters is 1. The maximum atomic E-state index is 13.1. The average Bonchev–Trinajstić information content (AvgIpc) is 3.64. The maximum absolute atomic E-state index is 13.1. The normalized spacial score (nSPS) is 13.8. The molecule has 0 spiro atoms. The van der Waals surface area contributed by atoms with Gasteiger partial charge in [-0.15, -0.1) is 21.5 Å². The molecule has 1 aliphatic heterocycles. The summed E-state index contributed by atoms with van der Waals surface area (Å²) >= 11 is 2.98. The Kier molecular flexibility index (Phi) is 8.81. The Bertz CT molecular complexity index is 1480. The van der Waals surface area contributed by atoms with Crippen molar-refractivity contribution in [3.8, 4) is 22.8 Å². The van der Waals surface area contributed by atoms with E-state index in [4.69, 9.17) is 9.47 Å². The molecule has 2 aromatic heterocycles. The average molecular weight is 578 g/mol. The molecule has 0 bridgehead atoms. The summed E-state index contributed by atoms with van der Waals surface area (Å²) in [5.74, 6) is 1.60. The third kappa shape index (κ3) is 6.20. The minimum Gasteiger partial charge on any atom is -0.497 e. The van der Waals surface area contributed by atoms with Crippen LogP contribution in [-0.4, -0.2) is 63.3 Å². The van der Waals surface area contributed by atoms with Crippen LogP contribution in [0.2, 0.25) is 0 Å². The minimum absolute atomic E-state index is 0.0991. The van der Waals surface area contributed by atoms with Crippen molar-refractivity contribution in [2.45, 2.75) is 37.6 Å². The molecular formula is C29H31N5O4S2. The van der Waals surface area contributed by atoms with E-state index in [2.05, 4.69) is 46.4 Å². The van der Waals surface area contributed by atoms with E-state index in [9.17, 15) is 9.59 Å². The van der Waals surface area contributed by atoms with Gasteiger partial charge < -0.3 is 14.4 Å². The van der Waals surface area contributed by atoms with Gasteiger partial charge in [-0.25, -0.2) is 4.98 Å². The number of methoxy groups -OCH3 is 1. The maximum Gasteiger partial charge on any atom is 0.309 e. The van der Waals surface area contributed by atoms with Gasteiger partial charge in [-0.1, -0.05) is 41.6 Å². The van der Waals surface area contributed by atoms with E-state index in [1.165, 1.54) is 28.7 Å². The van der Waals surface area contributed by atoms with Gasteiger partial charge in [0.25, 0.3) is 5.91 Å². The van der Waals surface area contributed by atoms with Crippen LogP contribution in [0.1, 0.15) is 40.8 Å². The van der Waals surface area contributed by atoms with Gasteiger partial charge in [0.1, 0.15) is 16.5 Å². The zero-order valence-electron chi connectivity index (χ0n) is 22.7. The van der Waals surface area contributed by atoms with E-state index in [1.807, 2.05) is 34.2 Å². The number of aromatic nitrogens is 4. The first kappa shape index (κ1) is 27.9. The second kappa shape index (κ2) is 12.6. The number of rotatable bonds is 9. The summed E-state index contributed by atoms with van der Waals surface area (Å²) in [5, 5.41) is 12.4.